The van der Waals surface area contributed by atoms with E-state index in [-0.39, 0.29) is 11.5 Å². The summed E-state index contributed by atoms with van der Waals surface area (Å²) >= 11 is 0. The minimum Gasteiger partial charge on any atom is -0.507 e. The minimum atomic E-state index is -0.951. The van der Waals surface area contributed by atoms with Crippen LogP contribution in [-0.4, -0.2) is 35.0 Å². The fourth-order valence-electron chi connectivity index (χ4n) is 2.44. The molecule has 0 aliphatic carbocycles. The van der Waals surface area contributed by atoms with Crippen molar-refractivity contribution in [3.8, 4) is 11.5 Å². The first-order chi connectivity index (χ1) is 14.4. The molecular weight excluding hydrogens is 384 g/mol. The molecule has 0 atom stereocenters. The molecule has 0 aliphatic rings. The molecule has 0 saturated heterocycles. The van der Waals surface area contributed by atoms with Gasteiger partial charge in [0.1, 0.15) is 23.0 Å². The molecule has 0 amide bonds. The average Bonchev–Trinajstić information content (AvgIpc) is 2.76. The van der Waals surface area contributed by atoms with E-state index in [1.807, 2.05) is 13.8 Å². The lowest BCUT2D eigenvalue weighted by molar-refractivity contribution is -0.130. The van der Waals surface area contributed by atoms with Gasteiger partial charge in [-0.1, -0.05) is 13.8 Å². The van der Waals surface area contributed by atoms with Crippen LogP contribution in [-0.2, 0) is 9.59 Å². The van der Waals surface area contributed by atoms with Crippen LogP contribution in [0.4, 0.5) is 0 Å². The molecule has 0 aromatic heterocycles. The highest BCUT2D eigenvalue weighted by atomic mass is 16.5. The Hall–Kier alpha value is -3.54. The van der Waals surface area contributed by atoms with Gasteiger partial charge in [0.15, 0.2) is 0 Å². The van der Waals surface area contributed by atoms with Gasteiger partial charge in [-0.05, 0) is 61.4 Å². The van der Waals surface area contributed by atoms with Crippen molar-refractivity contribution in [3.63, 3.8) is 0 Å². The third-order valence-electron chi connectivity index (χ3n) is 4.02. The second-order valence-electron chi connectivity index (χ2n) is 6.53. The van der Waals surface area contributed by atoms with Gasteiger partial charge in [-0.15, -0.1) is 0 Å². The van der Waals surface area contributed by atoms with Gasteiger partial charge in [-0.3, -0.25) is 9.59 Å². The molecule has 0 radical (unpaired) electrons. The monoisotopic (exact) mass is 410 g/mol. The van der Waals surface area contributed by atoms with Gasteiger partial charge in [0.25, 0.3) is 0 Å². The highest BCUT2D eigenvalue weighted by molar-refractivity contribution is 6.47. The zero-order valence-corrected chi connectivity index (χ0v) is 17.1. The first kappa shape index (κ1) is 22.7. The van der Waals surface area contributed by atoms with Crippen molar-refractivity contribution in [2.24, 2.45) is 0 Å². The Morgan fingerprint density at radius 1 is 0.700 bits per heavy atom. The summed E-state index contributed by atoms with van der Waals surface area (Å²) in [5.74, 6) is -1.30. The van der Waals surface area contributed by atoms with Gasteiger partial charge in [0.05, 0.1) is 13.2 Å². The molecule has 2 rings (SSSR count). The Bertz CT molecular complexity index is 830. The van der Waals surface area contributed by atoms with E-state index in [1.54, 1.807) is 48.5 Å². The molecular formula is C24H26O6. The molecule has 2 aromatic rings. The van der Waals surface area contributed by atoms with Crippen LogP contribution < -0.4 is 9.47 Å². The Morgan fingerprint density at radius 3 is 1.33 bits per heavy atom. The number of aliphatic hydroxyl groups excluding tert-OH is 2. The lowest BCUT2D eigenvalue weighted by Gasteiger charge is -2.06. The van der Waals surface area contributed by atoms with Crippen LogP contribution >= 0.6 is 0 Å². The first-order valence-corrected chi connectivity index (χ1v) is 9.80. The summed E-state index contributed by atoms with van der Waals surface area (Å²) in [7, 11) is 0. The van der Waals surface area contributed by atoms with E-state index in [4.69, 9.17) is 9.47 Å². The maximum atomic E-state index is 12.1. The van der Waals surface area contributed by atoms with Crippen molar-refractivity contribution in [1.29, 1.82) is 0 Å². The smallest absolute Gasteiger partial charge is 0.229 e. The van der Waals surface area contributed by atoms with E-state index >= 15 is 0 Å². The molecule has 2 aromatic carbocycles. The zero-order chi connectivity index (χ0) is 21.9. The molecule has 2 N–H and O–H groups in total. The third kappa shape index (κ3) is 6.81. The van der Waals surface area contributed by atoms with Crippen LogP contribution in [0.25, 0.3) is 11.5 Å². The standard InChI is InChI=1S/C24H26O6/c1-3-13-29-19-9-5-17(6-10-19)21(25)15-23(27)24(28)16-22(26)18-7-11-20(12-8-18)30-14-4-2/h5-12,15-16,25-26H,3-4,13-14H2,1-2H3/b21-15-,22-16-. The SMILES string of the molecule is CCCOc1ccc(/C(O)=C/C(=O)C(=O)/C=C(\O)c2ccc(OCCC)cc2)cc1. The number of ketones is 2. The summed E-state index contributed by atoms with van der Waals surface area (Å²) in [6, 6.07) is 13.0. The summed E-state index contributed by atoms with van der Waals surface area (Å²) in [4.78, 5) is 24.2. The van der Waals surface area contributed by atoms with Gasteiger partial charge in [0.2, 0.25) is 11.6 Å². The quantitative estimate of drug-likeness (QED) is 0.311. The highest BCUT2D eigenvalue weighted by Gasteiger charge is 2.13. The number of benzene rings is 2. The maximum Gasteiger partial charge on any atom is 0.229 e. The van der Waals surface area contributed by atoms with E-state index in [2.05, 4.69) is 0 Å². The van der Waals surface area contributed by atoms with E-state index in [9.17, 15) is 19.8 Å². The van der Waals surface area contributed by atoms with E-state index in [0.717, 1.165) is 25.0 Å². The Labute approximate surface area is 176 Å². The molecule has 0 unspecified atom stereocenters. The Balaban J connectivity index is 2.03. The van der Waals surface area contributed by atoms with Crippen LogP contribution in [0.1, 0.15) is 37.8 Å². The fraction of sp³-hybridized carbons (Fsp3) is 0.250. The number of rotatable bonds is 11. The second kappa shape index (κ2) is 11.5. The van der Waals surface area contributed by atoms with Crippen LogP contribution in [0.3, 0.4) is 0 Å². The number of carbonyl (C=O) groups excluding carboxylic acids is 2. The van der Waals surface area contributed by atoms with Crippen molar-refractivity contribution in [2.45, 2.75) is 26.7 Å². The number of allylic oxidation sites excluding steroid dienone is 2. The summed E-state index contributed by atoms with van der Waals surface area (Å²) in [5, 5.41) is 20.2. The van der Waals surface area contributed by atoms with Gasteiger partial charge in [-0.25, -0.2) is 0 Å². The predicted molar refractivity (Wildman–Crippen MR) is 116 cm³/mol. The molecule has 30 heavy (non-hydrogen) atoms. The Morgan fingerprint density at radius 2 is 1.03 bits per heavy atom. The van der Waals surface area contributed by atoms with E-state index < -0.39 is 11.6 Å². The van der Waals surface area contributed by atoms with Crippen molar-refractivity contribution >= 4 is 23.1 Å². The molecule has 0 fully saturated rings. The molecule has 0 saturated carbocycles. The summed E-state index contributed by atoms with van der Waals surface area (Å²) in [6.07, 6.45) is 3.41. The van der Waals surface area contributed by atoms with Crippen molar-refractivity contribution in [1.82, 2.24) is 0 Å². The number of hydrogen-bond acceptors (Lipinski definition) is 6. The topological polar surface area (TPSA) is 93.1 Å². The third-order valence-corrected chi connectivity index (χ3v) is 4.02. The van der Waals surface area contributed by atoms with E-state index in [0.29, 0.717) is 35.8 Å². The average molecular weight is 410 g/mol. The summed E-state index contributed by atoms with van der Waals surface area (Å²) < 4.78 is 10.9. The zero-order valence-electron chi connectivity index (χ0n) is 17.1. The van der Waals surface area contributed by atoms with Gasteiger partial charge < -0.3 is 19.7 Å². The summed E-state index contributed by atoms with van der Waals surface area (Å²) in [6.45, 7) is 5.15. The molecule has 0 heterocycles. The summed E-state index contributed by atoms with van der Waals surface area (Å²) in [5.41, 5.74) is 0.742. The molecule has 6 nitrogen and oxygen atoms in total. The fourth-order valence-corrected chi connectivity index (χ4v) is 2.44. The van der Waals surface area contributed by atoms with Gasteiger partial charge >= 0.3 is 0 Å². The highest BCUT2D eigenvalue weighted by Crippen LogP contribution is 2.19. The molecule has 0 spiro atoms. The number of hydrogen-bond donors (Lipinski definition) is 2. The lowest BCUT2D eigenvalue weighted by Crippen LogP contribution is -2.09. The number of ether oxygens (including phenoxy) is 2. The van der Waals surface area contributed by atoms with Crippen molar-refractivity contribution < 1.29 is 29.3 Å². The van der Waals surface area contributed by atoms with Gasteiger partial charge in [0, 0.05) is 23.3 Å². The van der Waals surface area contributed by atoms with Gasteiger partial charge in [-0.2, -0.15) is 0 Å². The molecule has 0 aliphatic heterocycles. The largest absolute Gasteiger partial charge is 0.507 e. The molecule has 6 heteroatoms. The van der Waals surface area contributed by atoms with Crippen LogP contribution in [0.2, 0.25) is 0 Å². The molecule has 158 valence electrons. The first-order valence-electron chi connectivity index (χ1n) is 9.80. The second-order valence-corrected chi connectivity index (χ2v) is 6.53. The van der Waals surface area contributed by atoms with Crippen LogP contribution in [0.5, 0.6) is 11.5 Å². The number of carbonyl (C=O) groups is 2. The number of aliphatic hydroxyl groups is 2. The predicted octanol–water partition coefficient (Wildman–Crippen LogP) is 4.90. The minimum absolute atomic E-state index is 0.347. The van der Waals surface area contributed by atoms with Crippen molar-refractivity contribution in [3.05, 3.63) is 71.8 Å². The maximum absolute atomic E-state index is 12.1. The lowest BCUT2D eigenvalue weighted by atomic mass is 10.1. The van der Waals surface area contributed by atoms with E-state index in [1.165, 1.54) is 0 Å². The van der Waals surface area contributed by atoms with Crippen molar-refractivity contribution in [2.75, 3.05) is 13.2 Å². The van der Waals surface area contributed by atoms with Crippen LogP contribution in [0.15, 0.2) is 60.7 Å². The molecule has 0 bridgehead atoms. The van der Waals surface area contributed by atoms with Crippen LogP contribution in [0, 0.1) is 0 Å². The normalized spacial score (nSPS) is 11.8. The Kier molecular flexibility index (Phi) is 8.69.